The molecule has 26 heavy (non-hydrogen) atoms. The van der Waals surface area contributed by atoms with Crippen LogP contribution in [-0.4, -0.2) is 60.5 Å². The van der Waals surface area contributed by atoms with E-state index >= 15 is 0 Å². The standard InChI is InChI=1S/C18H21N5O3/c1-26-16-5-3-2-4-14(16)12-20-17(25)15-6-7-19-18(21-15)23-10-8-22(13-24)9-11-23/h2-7,13H,8-12H2,1H3,(H,20,25). The van der Waals surface area contributed by atoms with Crippen molar-refractivity contribution in [2.24, 2.45) is 0 Å². The number of nitrogens with zero attached hydrogens (tertiary/aromatic N) is 4. The van der Waals surface area contributed by atoms with Crippen molar-refractivity contribution < 1.29 is 14.3 Å². The lowest BCUT2D eigenvalue weighted by Gasteiger charge is -2.32. The summed E-state index contributed by atoms with van der Waals surface area (Å²) in [6, 6.07) is 9.11. The molecule has 0 unspecified atom stereocenters. The quantitative estimate of drug-likeness (QED) is 0.768. The molecule has 136 valence electrons. The minimum Gasteiger partial charge on any atom is -0.496 e. The van der Waals surface area contributed by atoms with Crippen molar-refractivity contribution in [2.45, 2.75) is 6.54 Å². The number of piperazine rings is 1. The molecule has 2 heterocycles. The number of ether oxygens (including phenoxy) is 1. The van der Waals surface area contributed by atoms with Crippen LogP contribution in [0.4, 0.5) is 5.95 Å². The number of hydrogen-bond acceptors (Lipinski definition) is 6. The highest BCUT2D eigenvalue weighted by atomic mass is 16.5. The molecule has 1 aromatic carbocycles. The Kier molecular flexibility index (Phi) is 5.62. The Balaban J connectivity index is 1.64. The van der Waals surface area contributed by atoms with E-state index in [1.807, 2.05) is 29.2 Å². The van der Waals surface area contributed by atoms with E-state index in [4.69, 9.17) is 4.74 Å². The number of nitrogens with one attached hydrogen (secondary N) is 1. The molecular weight excluding hydrogens is 334 g/mol. The fourth-order valence-electron chi connectivity index (χ4n) is 2.77. The third-order valence-electron chi connectivity index (χ3n) is 4.25. The number of para-hydroxylation sites is 1. The first-order valence-corrected chi connectivity index (χ1v) is 8.38. The number of methoxy groups -OCH3 is 1. The topological polar surface area (TPSA) is 87.7 Å². The highest BCUT2D eigenvalue weighted by molar-refractivity contribution is 5.92. The number of amides is 2. The lowest BCUT2D eigenvalue weighted by atomic mass is 10.2. The molecule has 1 aliphatic rings. The number of carbonyl (C=O) groups excluding carboxylic acids is 2. The normalized spacial score (nSPS) is 14.0. The molecule has 0 saturated carbocycles. The number of hydrogen-bond donors (Lipinski definition) is 1. The summed E-state index contributed by atoms with van der Waals surface area (Å²) in [6.07, 6.45) is 2.42. The van der Waals surface area contributed by atoms with Crippen molar-refractivity contribution in [1.82, 2.24) is 20.2 Å². The average molecular weight is 355 g/mol. The van der Waals surface area contributed by atoms with Gasteiger partial charge in [0.25, 0.3) is 5.91 Å². The van der Waals surface area contributed by atoms with Gasteiger partial charge in [-0.05, 0) is 12.1 Å². The fourth-order valence-corrected chi connectivity index (χ4v) is 2.77. The van der Waals surface area contributed by atoms with Crippen LogP contribution >= 0.6 is 0 Å². The third kappa shape index (κ3) is 4.08. The summed E-state index contributed by atoms with van der Waals surface area (Å²) in [7, 11) is 1.60. The second-order valence-corrected chi connectivity index (χ2v) is 5.86. The van der Waals surface area contributed by atoms with E-state index in [1.54, 1.807) is 24.3 Å². The van der Waals surface area contributed by atoms with Crippen molar-refractivity contribution in [2.75, 3.05) is 38.2 Å². The van der Waals surface area contributed by atoms with Gasteiger partial charge in [0.05, 0.1) is 7.11 Å². The van der Waals surface area contributed by atoms with Gasteiger partial charge in [0.1, 0.15) is 11.4 Å². The molecule has 1 saturated heterocycles. The second-order valence-electron chi connectivity index (χ2n) is 5.86. The molecule has 0 atom stereocenters. The molecule has 1 aliphatic heterocycles. The van der Waals surface area contributed by atoms with E-state index < -0.39 is 0 Å². The predicted molar refractivity (Wildman–Crippen MR) is 96.0 cm³/mol. The molecule has 0 radical (unpaired) electrons. The number of carbonyl (C=O) groups is 2. The zero-order chi connectivity index (χ0) is 18.4. The SMILES string of the molecule is COc1ccccc1CNC(=O)c1ccnc(N2CCN(C=O)CC2)n1. The van der Waals surface area contributed by atoms with Crippen molar-refractivity contribution in [3.63, 3.8) is 0 Å². The molecular formula is C18H21N5O3. The van der Waals surface area contributed by atoms with Gasteiger partial charge >= 0.3 is 0 Å². The van der Waals surface area contributed by atoms with Crippen molar-refractivity contribution in [3.05, 3.63) is 47.8 Å². The van der Waals surface area contributed by atoms with Crippen molar-refractivity contribution in [3.8, 4) is 5.75 Å². The van der Waals surface area contributed by atoms with Crippen LogP contribution in [-0.2, 0) is 11.3 Å². The van der Waals surface area contributed by atoms with Crippen molar-refractivity contribution >= 4 is 18.3 Å². The van der Waals surface area contributed by atoms with E-state index in [0.29, 0.717) is 44.4 Å². The van der Waals surface area contributed by atoms with Gasteiger partial charge in [-0.3, -0.25) is 9.59 Å². The second kappa shape index (κ2) is 8.28. The summed E-state index contributed by atoms with van der Waals surface area (Å²) in [6.45, 7) is 2.88. The zero-order valence-electron chi connectivity index (χ0n) is 14.6. The number of aromatic nitrogens is 2. The molecule has 8 heteroatoms. The van der Waals surface area contributed by atoms with Gasteiger partial charge in [0, 0.05) is 44.5 Å². The molecule has 1 N–H and O–H groups in total. The first kappa shape index (κ1) is 17.7. The molecule has 0 spiro atoms. The van der Waals surface area contributed by atoms with Crippen LogP contribution in [0.5, 0.6) is 5.75 Å². The van der Waals surface area contributed by atoms with Gasteiger partial charge in [-0.1, -0.05) is 18.2 Å². The Labute approximate surface area is 151 Å². The Morgan fingerprint density at radius 2 is 2.00 bits per heavy atom. The minimum atomic E-state index is -0.272. The summed E-state index contributed by atoms with van der Waals surface area (Å²) >= 11 is 0. The number of anilines is 1. The van der Waals surface area contributed by atoms with E-state index in [0.717, 1.165) is 17.7 Å². The maximum Gasteiger partial charge on any atom is 0.270 e. The minimum absolute atomic E-state index is 0.272. The highest BCUT2D eigenvalue weighted by Crippen LogP contribution is 2.17. The Morgan fingerprint density at radius 3 is 2.73 bits per heavy atom. The van der Waals surface area contributed by atoms with Gasteiger partial charge in [-0.2, -0.15) is 0 Å². The van der Waals surface area contributed by atoms with Gasteiger partial charge < -0.3 is 19.9 Å². The van der Waals surface area contributed by atoms with Crippen LogP contribution < -0.4 is 15.0 Å². The number of rotatable bonds is 6. The van der Waals surface area contributed by atoms with Crippen LogP contribution in [0.25, 0.3) is 0 Å². The first-order chi connectivity index (χ1) is 12.7. The maximum atomic E-state index is 12.4. The van der Waals surface area contributed by atoms with Gasteiger partial charge in [0.15, 0.2) is 0 Å². The lowest BCUT2D eigenvalue weighted by molar-refractivity contribution is -0.118. The van der Waals surface area contributed by atoms with Crippen LogP contribution in [0.2, 0.25) is 0 Å². The summed E-state index contributed by atoms with van der Waals surface area (Å²) in [5, 5.41) is 2.85. The summed E-state index contributed by atoms with van der Waals surface area (Å²) < 4.78 is 5.29. The van der Waals surface area contributed by atoms with Crippen LogP contribution in [0.15, 0.2) is 36.5 Å². The summed E-state index contributed by atoms with van der Waals surface area (Å²) in [5.74, 6) is 0.954. The fraction of sp³-hybridized carbons (Fsp3) is 0.333. The highest BCUT2D eigenvalue weighted by Gasteiger charge is 2.19. The van der Waals surface area contributed by atoms with Gasteiger partial charge in [-0.15, -0.1) is 0 Å². The summed E-state index contributed by atoms with van der Waals surface area (Å²) in [4.78, 5) is 35.5. The van der Waals surface area contributed by atoms with E-state index in [-0.39, 0.29) is 5.91 Å². The van der Waals surface area contributed by atoms with E-state index in [2.05, 4.69) is 15.3 Å². The first-order valence-electron chi connectivity index (χ1n) is 8.38. The monoisotopic (exact) mass is 355 g/mol. The molecule has 0 aliphatic carbocycles. The molecule has 2 amide bonds. The van der Waals surface area contributed by atoms with Crippen molar-refractivity contribution in [1.29, 1.82) is 0 Å². The smallest absolute Gasteiger partial charge is 0.270 e. The molecule has 8 nitrogen and oxygen atoms in total. The molecule has 0 bridgehead atoms. The van der Waals surface area contributed by atoms with Crippen LogP contribution in [0.1, 0.15) is 16.1 Å². The third-order valence-corrected chi connectivity index (χ3v) is 4.25. The van der Waals surface area contributed by atoms with E-state index in [9.17, 15) is 9.59 Å². The Bertz CT molecular complexity index is 775. The largest absolute Gasteiger partial charge is 0.496 e. The van der Waals surface area contributed by atoms with Crippen LogP contribution in [0.3, 0.4) is 0 Å². The average Bonchev–Trinajstić information content (AvgIpc) is 2.72. The molecule has 3 rings (SSSR count). The summed E-state index contributed by atoms with van der Waals surface area (Å²) in [5.41, 5.74) is 1.20. The van der Waals surface area contributed by atoms with E-state index in [1.165, 1.54) is 0 Å². The zero-order valence-corrected chi connectivity index (χ0v) is 14.6. The predicted octanol–water partition coefficient (Wildman–Crippen LogP) is 0.694. The Hall–Kier alpha value is -3.16. The van der Waals surface area contributed by atoms with Gasteiger partial charge in [-0.25, -0.2) is 9.97 Å². The molecule has 1 aromatic heterocycles. The lowest BCUT2D eigenvalue weighted by Crippen LogP contribution is -2.46. The molecule has 2 aromatic rings. The number of benzene rings is 1. The van der Waals surface area contributed by atoms with Gasteiger partial charge in [0.2, 0.25) is 12.4 Å². The molecule has 1 fully saturated rings. The maximum absolute atomic E-state index is 12.4. The van der Waals surface area contributed by atoms with Crippen LogP contribution in [0, 0.1) is 0 Å². The Morgan fingerprint density at radius 1 is 1.23 bits per heavy atom.